The lowest BCUT2D eigenvalue weighted by atomic mass is 10.0. The number of hydrogen-bond donors (Lipinski definition) is 4. The highest BCUT2D eigenvalue weighted by Crippen LogP contribution is 2.21. The van der Waals surface area contributed by atoms with Crippen LogP contribution < -0.4 is 16.0 Å². The van der Waals surface area contributed by atoms with Gasteiger partial charge in [0, 0.05) is 13.1 Å². The van der Waals surface area contributed by atoms with Crippen molar-refractivity contribution in [2.24, 2.45) is 10.9 Å². The van der Waals surface area contributed by atoms with E-state index in [2.05, 4.69) is 20.9 Å². The number of nitrogens with one attached hydrogen (secondary N) is 3. The van der Waals surface area contributed by atoms with E-state index in [1.54, 1.807) is 19.1 Å². The second-order valence-corrected chi connectivity index (χ2v) is 8.32. The topological polar surface area (TPSA) is 108 Å². The Morgan fingerprint density at radius 2 is 1.96 bits per heavy atom. The fourth-order valence-corrected chi connectivity index (χ4v) is 2.36. The minimum absolute atomic E-state index is 0.127. The molecule has 28 heavy (non-hydrogen) atoms. The van der Waals surface area contributed by atoms with Crippen molar-refractivity contribution in [3.8, 4) is 0 Å². The molecule has 1 aromatic heterocycles. The number of rotatable bonds is 8. The molecule has 1 rings (SSSR count). The first kappa shape index (κ1) is 23.8. The van der Waals surface area contributed by atoms with Gasteiger partial charge in [0.15, 0.2) is 5.96 Å². The Balaban J connectivity index is 2.71. The summed E-state index contributed by atoms with van der Waals surface area (Å²) in [5, 5.41) is 19.8. The summed E-state index contributed by atoms with van der Waals surface area (Å²) < 4.78 is 10.6. The number of aliphatic imine (C=N–C) groups is 1. The summed E-state index contributed by atoms with van der Waals surface area (Å²) in [7, 11) is 0. The molecule has 4 N–H and O–H groups in total. The van der Waals surface area contributed by atoms with Crippen LogP contribution in [-0.2, 0) is 10.3 Å². The summed E-state index contributed by atoms with van der Waals surface area (Å²) in [5.74, 6) is 1.19. The van der Waals surface area contributed by atoms with Gasteiger partial charge in [-0.25, -0.2) is 9.79 Å². The van der Waals surface area contributed by atoms with Crippen molar-refractivity contribution in [3.05, 3.63) is 24.2 Å². The number of hydrogen-bond acceptors (Lipinski definition) is 5. The van der Waals surface area contributed by atoms with Gasteiger partial charge < -0.3 is 30.2 Å². The van der Waals surface area contributed by atoms with Gasteiger partial charge in [-0.05, 0) is 52.7 Å². The summed E-state index contributed by atoms with van der Waals surface area (Å²) in [4.78, 5) is 16.5. The first-order valence-corrected chi connectivity index (χ1v) is 9.72. The zero-order valence-electron chi connectivity index (χ0n) is 18.1. The van der Waals surface area contributed by atoms with Gasteiger partial charge in [0.05, 0.1) is 18.8 Å². The van der Waals surface area contributed by atoms with E-state index in [9.17, 15) is 9.90 Å². The van der Waals surface area contributed by atoms with E-state index in [0.29, 0.717) is 24.8 Å². The highest BCUT2D eigenvalue weighted by Gasteiger charge is 2.26. The van der Waals surface area contributed by atoms with E-state index >= 15 is 0 Å². The van der Waals surface area contributed by atoms with E-state index < -0.39 is 17.3 Å². The van der Waals surface area contributed by atoms with Gasteiger partial charge in [0.25, 0.3) is 0 Å². The quantitative estimate of drug-likeness (QED) is 0.397. The fourth-order valence-electron chi connectivity index (χ4n) is 2.36. The molecule has 2 atom stereocenters. The van der Waals surface area contributed by atoms with Crippen LogP contribution in [-0.4, -0.2) is 48.4 Å². The van der Waals surface area contributed by atoms with Gasteiger partial charge in [-0.15, -0.1) is 0 Å². The van der Waals surface area contributed by atoms with Crippen molar-refractivity contribution in [2.75, 3.05) is 19.6 Å². The summed E-state index contributed by atoms with van der Waals surface area (Å²) in [6, 6.07) is 3.30. The van der Waals surface area contributed by atoms with Gasteiger partial charge in [-0.1, -0.05) is 13.8 Å². The molecule has 0 radical (unpaired) electrons. The first-order chi connectivity index (χ1) is 12.9. The van der Waals surface area contributed by atoms with E-state index in [0.717, 1.165) is 0 Å². The standard InChI is InChI=1S/C20H36N4O4/c1-8-21-17(23-13-20(7,26)16-10-9-11-27-16)22-12-15(14(2)3)24-18(25)28-19(4,5)6/h9-11,14-15,26H,8,12-13H2,1-7H3,(H,24,25)(H2,21,22,23). The summed E-state index contributed by atoms with van der Waals surface area (Å²) in [6.45, 7) is 14.4. The molecule has 0 saturated heterocycles. The molecule has 0 aliphatic heterocycles. The van der Waals surface area contributed by atoms with Crippen LogP contribution in [0.3, 0.4) is 0 Å². The van der Waals surface area contributed by atoms with Gasteiger partial charge in [0.1, 0.15) is 17.0 Å². The minimum atomic E-state index is -1.21. The Kier molecular flexibility index (Phi) is 8.81. The Morgan fingerprint density at radius 1 is 1.29 bits per heavy atom. The summed E-state index contributed by atoms with van der Waals surface area (Å²) in [5.41, 5.74) is -1.76. The zero-order valence-corrected chi connectivity index (χ0v) is 18.1. The summed E-state index contributed by atoms with van der Waals surface area (Å²) >= 11 is 0. The number of amides is 1. The molecule has 0 bridgehead atoms. The normalized spacial score (nSPS) is 15.7. The Hall–Kier alpha value is -2.22. The maximum atomic E-state index is 12.1. The van der Waals surface area contributed by atoms with Crippen LogP contribution in [0.1, 0.15) is 54.2 Å². The molecule has 8 heteroatoms. The van der Waals surface area contributed by atoms with Crippen LogP contribution in [0.15, 0.2) is 27.8 Å². The lowest BCUT2D eigenvalue weighted by Gasteiger charge is -2.27. The Labute approximate surface area is 168 Å². The minimum Gasteiger partial charge on any atom is -0.466 e. The molecule has 0 saturated carbocycles. The average molecular weight is 397 g/mol. The van der Waals surface area contributed by atoms with Crippen LogP contribution in [0.5, 0.6) is 0 Å². The summed E-state index contributed by atoms with van der Waals surface area (Å²) in [6.07, 6.45) is 1.07. The van der Waals surface area contributed by atoms with Crippen LogP contribution in [0.4, 0.5) is 4.79 Å². The zero-order chi connectivity index (χ0) is 21.4. The lowest BCUT2D eigenvalue weighted by Crippen LogP contribution is -2.50. The highest BCUT2D eigenvalue weighted by molar-refractivity contribution is 5.80. The highest BCUT2D eigenvalue weighted by atomic mass is 16.6. The molecule has 1 amide bonds. The molecule has 8 nitrogen and oxygen atoms in total. The molecule has 0 spiro atoms. The monoisotopic (exact) mass is 396 g/mol. The third-order valence-electron chi connectivity index (χ3n) is 3.94. The van der Waals surface area contributed by atoms with Crippen molar-refractivity contribution in [2.45, 2.75) is 65.7 Å². The first-order valence-electron chi connectivity index (χ1n) is 9.72. The van der Waals surface area contributed by atoms with Crippen molar-refractivity contribution in [1.82, 2.24) is 16.0 Å². The van der Waals surface area contributed by atoms with Crippen molar-refractivity contribution >= 4 is 12.1 Å². The second kappa shape index (κ2) is 10.4. The van der Waals surface area contributed by atoms with Gasteiger partial charge in [0.2, 0.25) is 0 Å². The number of aliphatic hydroxyl groups is 1. The van der Waals surface area contributed by atoms with E-state index in [4.69, 9.17) is 9.15 Å². The Morgan fingerprint density at radius 3 is 2.46 bits per heavy atom. The van der Waals surface area contributed by atoms with Gasteiger partial charge in [-0.2, -0.15) is 0 Å². The number of ether oxygens (including phenoxy) is 1. The average Bonchev–Trinajstić information content (AvgIpc) is 3.09. The van der Waals surface area contributed by atoms with Crippen molar-refractivity contribution < 1.29 is 19.1 Å². The fraction of sp³-hybridized carbons (Fsp3) is 0.700. The number of alkyl carbamates (subject to hydrolysis) is 1. The van der Waals surface area contributed by atoms with Gasteiger partial charge in [-0.3, -0.25) is 0 Å². The van der Waals surface area contributed by atoms with Crippen molar-refractivity contribution in [3.63, 3.8) is 0 Å². The maximum absolute atomic E-state index is 12.1. The number of carbonyl (C=O) groups is 1. The molecular formula is C20H36N4O4. The SMILES string of the molecule is CCNC(=NCC(C)(O)c1ccco1)NCC(NC(=O)OC(C)(C)C)C(C)C. The largest absolute Gasteiger partial charge is 0.466 e. The van der Waals surface area contributed by atoms with Crippen LogP contribution >= 0.6 is 0 Å². The molecule has 0 aliphatic rings. The van der Waals surface area contributed by atoms with Gasteiger partial charge >= 0.3 is 6.09 Å². The maximum Gasteiger partial charge on any atom is 0.407 e. The van der Waals surface area contributed by atoms with Crippen molar-refractivity contribution in [1.29, 1.82) is 0 Å². The predicted octanol–water partition coefficient (Wildman–Crippen LogP) is 2.59. The molecular weight excluding hydrogens is 360 g/mol. The molecule has 1 heterocycles. The molecule has 0 aliphatic carbocycles. The third kappa shape index (κ3) is 8.65. The lowest BCUT2D eigenvalue weighted by molar-refractivity contribution is 0.0437. The molecule has 1 aromatic rings. The van der Waals surface area contributed by atoms with Crippen LogP contribution in [0.2, 0.25) is 0 Å². The second-order valence-electron chi connectivity index (χ2n) is 8.32. The smallest absolute Gasteiger partial charge is 0.407 e. The number of furan rings is 1. The van der Waals surface area contributed by atoms with E-state index in [1.807, 2.05) is 41.5 Å². The third-order valence-corrected chi connectivity index (χ3v) is 3.94. The Bertz CT molecular complexity index is 619. The molecule has 160 valence electrons. The van der Waals surface area contributed by atoms with E-state index in [1.165, 1.54) is 6.26 Å². The molecule has 2 unspecified atom stereocenters. The number of guanidine groups is 1. The van der Waals surface area contributed by atoms with Crippen LogP contribution in [0.25, 0.3) is 0 Å². The van der Waals surface area contributed by atoms with E-state index in [-0.39, 0.29) is 18.5 Å². The number of carbonyl (C=O) groups excluding carboxylic acids is 1. The molecule has 0 aromatic carbocycles. The number of nitrogens with zero attached hydrogens (tertiary/aromatic N) is 1. The predicted molar refractivity (Wildman–Crippen MR) is 110 cm³/mol. The van der Waals surface area contributed by atoms with Crippen LogP contribution in [0, 0.1) is 5.92 Å². The molecule has 0 fully saturated rings.